The Bertz CT molecular complexity index is 1050. The van der Waals surface area contributed by atoms with E-state index in [0.717, 1.165) is 5.56 Å². The monoisotopic (exact) mass is 406 g/mol. The van der Waals surface area contributed by atoms with Crippen LogP contribution in [0, 0.1) is 0 Å². The molecule has 0 radical (unpaired) electrons. The van der Waals surface area contributed by atoms with Gasteiger partial charge in [0.05, 0.1) is 18.4 Å². The molecule has 0 spiro atoms. The van der Waals surface area contributed by atoms with Gasteiger partial charge in [-0.2, -0.15) is 5.10 Å². The third-order valence-corrected chi connectivity index (χ3v) is 4.56. The lowest BCUT2D eigenvalue weighted by atomic mass is 9.92. The van der Waals surface area contributed by atoms with Crippen molar-refractivity contribution in [3.8, 4) is 0 Å². The second-order valence-corrected chi connectivity index (χ2v) is 6.34. The molecule has 0 atom stereocenters. The molecule has 154 valence electrons. The minimum atomic E-state index is -1.09. The number of aromatic carboxylic acids is 1. The van der Waals surface area contributed by atoms with E-state index in [1.54, 1.807) is 32.1 Å². The molecule has 7 nitrogen and oxygen atoms in total. The molecule has 0 fully saturated rings. The molecule has 7 heteroatoms. The van der Waals surface area contributed by atoms with Crippen molar-refractivity contribution in [2.75, 3.05) is 7.11 Å². The van der Waals surface area contributed by atoms with Crippen LogP contribution in [0.4, 0.5) is 0 Å². The van der Waals surface area contributed by atoms with Crippen LogP contribution in [0.3, 0.4) is 0 Å². The number of hydrogen-bond donors (Lipinski definition) is 1. The summed E-state index contributed by atoms with van der Waals surface area (Å²) in [6.45, 7) is 3.63. The van der Waals surface area contributed by atoms with E-state index in [1.165, 1.54) is 24.4 Å². The first-order valence-electron chi connectivity index (χ1n) is 9.34. The van der Waals surface area contributed by atoms with Crippen LogP contribution in [0.25, 0.3) is 11.5 Å². The molecular formula is C23H22N2O5. The molecule has 0 aromatic heterocycles. The second kappa shape index (κ2) is 9.09. The van der Waals surface area contributed by atoms with Gasteiger partial charge in [0.2, 0.25) is 0 Å². The van der Waals surface area contributed by atoms with Gasteiger partial charge in [0.15, 0.2) is 11.5 Å². The lowest BCUT2D eigenvalue weighted by Crippen LogP contribution is -2.30. The zero-order chi connectivity index (χ0) is 21.7. The normalized spacial score (nSPS) is 14.8. The predicted molar refractivity (Wildman–Crippen MR) is 113 cm³/mol. The Kier molecular flexibility index (Phi) is 6.32. The first kappa shape index (κ1) is 20.9. The highest BCUT2D eigenvalue weighted by Crippen LogP contribution is 2.41. The van der Waals surface area contributed by atoms with E-state index in [1.807, 2.05) is 30.3 Å². The van der Waals surface area contributed by atoms with Crippen molar-refractivity contribution in [1.29, 1.82) is 0 Å². The molecule has 2 aromatic carbocycles. The smallest absolute Gasteiger partial charge is 0.360 e. The van der Waals surface area contributed by atoms with E-state index in [4.69, 9.17) is 9.47 Å². The minimum absolute atomic E-state index is 0.0784. The Morgan fingerprint density at radius 2 is 1.83 bits per heavy atom. The van der Waals surface area contributed by atoms with Gasteiger partial charge in [0, 0.05) is 17.3 Å². The van der Waals surface area contributed by atoms with Crippen molar-refractivity contribution >= 4 is 29.6 Å². The molecule has 0 saturated heterocycles. The van der Waals surface area contributed by atoms with Crippen LogP contribution >= 0.6 is 0 Å². The number of hydrazone groups is 1. The summed E-state index contributed by atoms with van der Waals surface area (Å²) in [5.74, 6) is -1.52. The molecule has 3 rings (SSSR count). The zero-order valence-electron chi connectivity index (χ0n) is 17.0. The van der Waals surface area contributed by atoms with Crippen LogP contribution in [0.5, 0.6) is 0 Å². The highest BCUT2D eigenvalue weighted by Gasteiger charge is 2.37. The maximum Gasteiger partial charge on any atom is 0.360 e. The summed E-state index contributed by atoms with van der Waals surface area (Å²) in [5, 5.41) is 15.4. The van der Waals surface area contributed by atoms with Crippen molar-refractivity contribution in [3.63, 3.8) is 0 Å². The lowest BCUT2D eigenvalue weighted by Gasteiger charge is -2.32. The molecule has 0 bridgehead atoms. The number of hydrogen-bond acceptors (Lipinski definition) is 6. The molecule has 0 amide bonds. The largest absolute Gasteiger partial charge is 0.486 e. The Hall–Kier alpha value is -3.87. The molecule has 1 aliphatic heterocycles. The van der Waals surface area contributed by atoms with Gasteiger partial charge in [-0.25, -0.2) is 14.6 Å². The molecule has 0 unspecified atom stereocenters. The molecule has 30 heavy (non-hydrogen) atoms. The Morgan fingerprint density at radius 3 is 2.43 bits per heavy atom. The summed E-state index contributed by atoms with van der Waals surface area (Å²) in [7, 11) is 1.27. The number of allylic oxidation sites excluding steroid dienone is 1. The van der Waals surface area contributed by atoms with Gasteiger partial charge in [0.25, 0.3) is 0 Å². The molecule has 1 N–H and O–H groups in total. The third-order valence-electron chi connectivity index (χ3n) is 4.56. The van der Waals surface area contributed by atoms with Gasteiger partial charge < -0.3 is 14.6 Å². The third kappa shape index (κ3) is 3.82. The SMILES string of the molecule is C/C=N\N1C(C(=O)OC)=C(OCc2ccccc2)c2cccc(C(=O)O)c2/C1=C\C. The van der Waals surface area contributed by atoms with Gasteiger partial charge in [-0.15, -0.1) is 0 Å². The van der Waals surface area contributed by atoms with Crippen molar-refractivity contribution in [2.24, 2.45) is 5.10 Å². The van der Waals surface area contributed by atoms with Gasteiger partial charge in [-0.1, -0.05) is 48.5 Å². The molecular weight excluding hydrogens is 384 g/mol. The van der Waals surface area contributed by atoms with Crippen LogP contribution in [-0.2, 0) is 20.9 Å². The average Bonchev–Trinajstić information content (AvgIpc) is 2.77. The number of nitrogens with zero attached hydrogens (tertiary/aromatic N) is 2. The Morgan fingerprint density at radius 1 is 1.10 bits per heavy atom. The average molecular weight is 406 g/mol. The summed E-state index contributed by atoms with van der Waals surface area (Å²) in [5.41, 5.74) is 2.42. The summed E-state index contributed by atoms with van der Waals surface area (Å²) in [4.78, 5) is 24.7. The quantitative estimate of drug-likeness (QED) is 0.573. The molecule has 0 saturated carbocycles. The van der Waals surface area contributed by atoms with E-state index in [0.29, 0.717) is 16.8 Å². The summed E-state index contributed by atoms with van der Waals surface area (Å²) < 4.78 is 11.1. The number of carboxylic acids is 1. The number of rotatable bonds is 6. The van der Waals surface area contributed by atoms with Crippen LogP contribution < -0.4 is 0 Å². The maximum atomic E-state index is 12.7. The fourth-order valence-electron chi connectivity index (χ4n) is 3.30. The number of carboxylic acid groups (broad SMARTS) is 1. The molecule has 1 aliphatic rings. The standard InChI is InChI=1S/C23H22N2O5/c1-4-18-19-16(12-9-13-17(19)22(26)27)21(30-14-15-10-7-6-8-11-15)20(23(28)29-3)25(18)24-5-2/h4-13H,14H2,1-3H3,(H,26,27)/b18-4+,24-5-. The van der Waals surface area contributed by atoms with Crippen LogP contribution in [-0.4, -0.2) is 35.4 Å². The summed E-state index contributed by atoms with van der Waals surface area (Å²) in [6.07, 6.45) is 3.21. The second-order valence-electron chi connectivity index (χ2n) is 6.34. The molecule has 1 heterocycles. The zero-order valence-corrected chi connectivity index (χ0v) is 17.0. The number of benzene rings is 2. The highest BCUT2D eigenvalue weighted by atomic mass is 16.5. The first-order valence-corrected chi connectivity index (χ1v) is 9.34. The lowest BCUT2D eigenvalue weighted by molar-refractivity contribution is -0.137. The van der Waals surface area contributed by atoms with Gasteiger partial charge in [-0.05, 0) is 25.5 Å². The number of methoxy groups -OCH3 is 1. The number of carbonyl (C=O) groups excluding carboxylic acids is 1. The fraction of sp³-hybridized carbons (Fsp3) is 0.174. The number of ether oxygens (including phenoxy) is 2. The van der Waals surface area contributed by atoms with Gasteiger partial charge in [0.1, 0.15) is 6.61 Å². The number of esters is 1. The van der Waals surface area contributed by atoms with E-state index in [-0.39, 0.29) is 23.6 Å². The van der Waals surface area contributed by atoms with E-state index >= 15 is 0 Å². The fourth-order valence-corrected chi connectivity index (χ4v) is 3.30. The molecule has 2 aromatic rings. The minimum Gasteiger partial charge on any atom is -0.486 e. The predicted octanol–water partition coefficient (Wildman–Crippen LogP) is 4.13. The summed E-state index contributed by atoms with van der Waals surface area (Å²) in [6, 6.07) is 14.3. The molecule has 0 aliphatic carbocycles. The van der Waals surface area contributed by atoms with Gasteiger partial charge in [-0.3, -0.25) is 0 Å². The number of fused-ring (bicyclic) bond motifs is 1. The maximum absolute atomic E-state index is 12.7. The number of carbonyl (C=O) groups is 2. The van der Waals surface area contributed by atoms with Crippen LogP contribution in [0.2, 0.25) is 0 Å². The Balaban J connectivity index is 2.27. The van der Waals surface area contributed by atoms with Gasteiger partial charge >= 0.3 is 11.9 Å². The highest BCUT2D eigenvalue weighted by molar-refractivity contribution is 6.05. The Labute approximate surface area is 174 Å². The first-order chi connectivity index (χ1) is 14.5. The van der Waals surface area contributed by atoms with Crippen LogP contribution in [0.1, 0.15) is 40.9 Å². The summed E-state index contributed by atoms with van der Waals surface area (Å²) >= 11 is 0. The van der Waals surface area contributed by atoms with Crippen LogP contribution in [0.15, 0.2) is 65.4 Å². The van der Waals surface area contributed by atoms with E-state index < -0.39 is 11.9 Å². The van der Waals surface area contributed by atoms with E-state index in [2.05, 4.69) is 5.10 Å². The van der Waals surface area contributed by atoms with E-state index in [9.17, 15) is 14.7 Å². The van der Waals surface area contributed by atoms with Crippen molar-refractivity contribution < 1.29 is 24.2 Å². The van der Waals surface area contributed by atoms with Crippen molar-refractivity contribution in [1.82, 2.24) is 5.01 Å². The van der Waals surface area contributed by atoms with Crippen molar-refractivity contribution in [2.45, 2.75) is 20.5 Å². The van der Waals surface area contributed by atoms with Crippen molar-refractivity contribution in [3.05, 3.63) is 82.6 Å². The topological polar surface area (TPSA) is 88.4 Å².